The molecule has 1 aromatic carbocycles. The number of benzene rings is 1. The second kappa shape index (κ2) is 6.49. The summed E-state index contributed by atoms with van der Waals surface area (Å²) in [4.78, 5) is 6.03. The Kier molecular flexibility index (Phi) is 4.05. The molecule has 0 aliphatic carbocycles. The fourth-order valence-electron chi connectivity index (χ4n) is 2.87. The van der Waals surface area contributed by atoms with Crippen LogP contribution < -0.4 is 5.32 Å². The van der Waals surface area contributed by atoms with Gasteiger partial charge in [0.05, 0.1) is 4.88 Å². The molecule has 24 heavy (non-hydrogen) atoms. The fraction of sp³-hybridized carbons (Fsp3) is 0.150. The molecule has 4 aromatic rings. The van der Waals surface area contributed by atoms with Gasteiger partial charge in [-0.3, -0.25) is 4.40 Å². The van der Waals surface area contributed by atoms with Crippen LogP contribution in [0.2, 0.25) is 0 Å². The van der Waals surface area contributed by atoms with E-state index in [9.17, 15) is 0 Å². The van der Waals surface area contributed by atoms with Gasteiger partial charge in [-0.25, -0.2) is 4.98 Å². The van der Waals surface area contributed by atoms with Gasteiger partial charge in [0.2, 0.25) is 0 Å². The van der Waals surface area contributed by atoms with Crippen LogP contribution in [0.4, 0.5) is 5.82 Å². The van der Waals surface area contributed by atoms with Crippen LogP contribution in [0, 0.1) is 6.92 Å². The molecule has 0 aliphatic rings. The van der Waals surface area contributed by atoms with Gasteiger partial charge >= 0.3 is 0 Å². The van der Waals surface area contributed by atoms with Crippen molar-refractivity contribution in [2.45, 2.75) is 13.3 Å². The lowest BCUT2D eigenvalue weighted by Crippen LogP contribution is -2.07. The summed E-state index contributed by atoms with van der Waals surface area (Å²) in [5, 5.41) is 5.70. The Morgan fingerprint density at radius 3 is 2.71 bits per heavy atom. The number of aromatic nitrogens is 2. The topological polar surface area (TPSA) is 29.3 Å². The van der Waals surface area contributed by atoms with E-state index in [1.54, 1.807) is 11.3 Å². The monoisotopic (exact) mass is 333 g/mol. The summed E-state index contributed by atoms with van der Waals surface area (Å²) in [5.41, 5.74) is 4.58. The lowest BCUT2D eigenvalue weighted by atomic mass is 10.1. The van der Waals surface area contributed by atoms with E-state index in [0.717, 1.165) is 30.1 Å². The molecule has 3 aromatic heterocycles. The molecule has 3 heterocycles. The minimum Gasteiger partial charge on any atom is -0.369 e. The molecule has 4 rings (SSSR count). The third-order valence-electron chi connectivity index (χ3n) is 4.07. The van der Waals surface area contributed by atoms with Gasteiger partial charge in [-0.2, -0.15) is 0 Å². The third kappa shape index (κ3) is 2.93. The normalized spacial score (nSPS) is 11.0. The van der Waals surface area contributed by atoms with E-state index in [4.69, 9.17) is 4.98 Å². The molecule has 0 aliphatic heterocycles. The summed E-state index contributed by atoms with van der Waals surface area (Å²) >= 11 is 1.72. The van der Waals surface area contributed by atoms with E-state index in [1.165, 1.54) is 16.0 Å². The van der Waals surface area contributed by atoms with Crippen molar-refractivity contribution < 1.29 is 0 Å². The number of rotatable bonds is 5. The van der Waals surface area contributed by atoms with Crippen molar-refractivity contribution in [2.75, 3.05) is 11.9 Å². The third-order valence-corrected chi connectivity index (χ3v) is 4.95. The number of aryl methyl sites for hydroxylation is 1. The average molecular weight is 333 g/mol. The van der Waals surface area contributed by atoms with Crippen LogP contribution in [0.3, 0.4) is 0 Å². The van der Waals surface area contributed by atoms with Gasteiger partial charge in [0.15, 0.2) is 0 Å². The fourth-order valence-corrected chi connectivity index (χ4v) is 3.59. The quantitative estimate of drug-likeness (QED) is 0.555. The number of pyridine rings is 1. The summed E-state index contributed by atoms with van der Waals surface area (Å²) in [6.45, 7) is 2.99. The summed E-state index contributed by atoms with van der Waals surface area (Å²) in [7, 11) is 0. The first kappa shape index (κ1) is 15.0. The number of nitrogens with zero attached hydrogens (tertiary/aromatic N) is 2. The zero-order valence-corrected chi connectivity index (χ0v) is 14.4. The molecular formula is C20H19N3S. The van der Waals surface area contributed by atoms with E-state index < -0.39 is 0 Å². The molecule has 0 bridgehead atoms. The number of nitrogens with one attached hydrogen (secondary N) is 1. The van der Waals surface area contributed by atoms with Gasteiger partial charge in [-0.1, -0.05) is 42.5 Å². The SMILES string of the molecule is Cc1ccc2nc(-c3cccs3)c(NCCc3ccccc3)n2c1. The maximum atomic E-state index is 4.83. The second-order valence-corrected chi connectivity index (χ2v) is 6.83. The van der Waals surface area contributed by atoms with E-state index >= 15 is 0 Å². The Hall–Kier alpha value is -2.59. The van der Waals surface area contributed by atoms with E-state index in [-0.39, 0.29) is 0 Å². The Bertz CT molecular complexity index is 940. The zero-order chi connectivity index (χ0) is 16.4. The summed E-state index contributed by atoms with van der Waals surface area (Å²) < 4.78 is 2.16. The predicted molar refractivity (Wildman–Crippen MR) is 102 cm³/mol. The van der Waals surface area contributed by atoms with E-state index in [1.807, 2.05) is 0 Å². The Morgan fingerprint density at radius 1 is 1.04 bits per heavy atom. The second-order valence-electron chi connectivity index (χ2n) is 5.88. The van der Waals surface area contributed by atoms with Crippen LogP contribution >= 0.6 is 11.3 Å². The molecule has 4 heteroatoms. The van der Waals surface area contributed by atoms with Crippen LogP contribution in [0.5, 0.6) is 0 Å². The number of thiophene rings is 1. The highest BCUT2D eigenvalue weighted by molar-refractivity contribution is 7.13. The number of hydrogen-bond donors (Lipinski definition) is 1. The maximum absolute atomic E-state index is 4.83. The number of imidazole rings is 1. The van der Waals surface area contributed by atoms with Gasteiger partial charge in [-0.05, 0) is 42.0 Å². The number of anilines is 1. The van der Waals surface area contributed by atoms with Crippen LogP contribution in [0.15, 0.2) is 66.2 Å². The van der Waals surface area contributed by atoms with Gasteiger partial charge in [0.25, 0.3) is 0 Å². The number of hydrogen-bond acceptors (Lipinski definition) is 3. The number of fused-ring (bicyclic) bond motifs is 1. The Labute approximate surface area is 145 Å². The molecule has 0 radical (unpaired) electrons. The largest absolute Gasteiger partial charge is 0.369 e. The molecule has 0 unspecified atom stereocenters. The summed E-state index contributed by atoms with van der Waals surface area (Å²) in [5.74, 6) is 1.08. The van der Waals surface area contributed by atoms with Gasteiger partial charge in [-0.15, -0.1) is 11.3 Å². The average Bonchev–Trinajstić information content (AvgIpc) is 3.24. The summed E-state index contributed by atoms with van der Waals surface area (Å²) in [6, 6.07) is 18.9. The lowest BCUT2D eigenvalue weighted by molar-refractivity contribution is 0.997. The molecule has 0 saturated carbocycles. The van der Waals surface area contributed by atoms with Gasteiger partial charge in [0, 0.05) is 12.7 Å². The molecule has 120 valence electrons. The smallest absolute Gasteiger partial charge is 0.139 e. The molecule has 0 fully saturated rings. The van der Waals surface area contributed by atoms with Crippen LogP contribution in [0.25, 0.3) is 16.2 Å². The summed E-state index contributed by atoms with van der Waals surface area (Å²) in [6.07, 6.45) is 3.13. The first-order valence-corrected chi connectivity index (χ1v) is 8.99. The first-order valence-electron chi connectivity index (χ1n) is 8.11. The molecule has 0 saturated heterocycles. The van der Waals surface area contributed by atoms with Gasteiger partial charge < -0.3 is 5.32 Å². The molecular weight excluding hydrogens is 314 g/mol. The highest BCUT2D eigenvalue weighted by Crippen LogP contribution is 2.32. The first-order chi connectivity index (χ1) is 11.8. The molecule has 3 nitrogen and oxygen atoms in total. The van der Waals surface area contributed by atoms with Crippen molar-refractivity contribution in [2.24, 2.45) is 0 Å². The lowest BCUT2D eigenvalue weighted by Gasteiger charge is -2.09. The minimum absolute atomic E-state index is 0.879. The Balaban J connectivity index is 1.67. The molecule has 0 spiro atoms. The van der Waals surface area contributed by atoms with E-state index in [2.05, 4.69) is 82.8 Å². The molecule has 0 atom stereocenters. The zero-order valence-electron chi connectivity index (χ0n) is 13.6. The van der Waals surface area contributed by atoms with Crippen molar-refractivity contribution in [1.82, 2.24) is 9.38 Å². The van der Waals surface area contributed by atoms with Crippen LogP contribution in [-0.2, 0) is 6.42 Å². The van der Waals surface area contributed by atoms with Gasteiger partial charge in [0.1, 0.15) is 17.2 Å². The van der Waals surface area contributed by atoms with Crippen molar-refractivity contribution in [3.63, 3.8) is 0 Å². The molecule has 0 amide bonds. The maximum Gasteiger partial charge on any atom is 0.139 e. The minimum atomic E-state index is 0.879. The van der Waals surface area contributed by atoms with Crippen molar-refractivity contribution in [3.05, 3.63) is 77.3 Å². The van der Waals surface area contributed by atoms with E-state index in [0.29, 0.717) is 0 Å². The predicted octanol–water partition coefficient (Wildman–Crippen LogP) is 5.03. The molecule has 1 N–H and O–H groups in total. The van der Waals surface area contributed by atoms with Crippen molar-refractivity contribution in [3.8, 4) is 10.6 Å². The van der Waals surface area contributed by atoms with Crippen molar-refractivity contribution >= 4 is 22.8 Å². The van der Waals surface area contributed by atoms with Crippen molar-refractivity contribution in [1.29, 1.82) is 0 Å². The van der Waals surface area contributed by atoms with Crippen LogP contribution in [0.1, 0.15) is 11.1 Å². The highest BCUT2D eigenvalue weighted by Gasteiger charge is 2.14. The standard InChI is InChI=1S/C20H19N3S/c1-15-9-10-18-22-19(17-8-5-13-24-17)20(23(18)14-15)21-12-11-16-6-3-2-4-7-16/h2-10,13-14,21H,11-12H2,1H3. The van der Waals surface area contributed by atoms with Crippen LogP contribution in [-0.4, -0.2) is 15.9 Å². The highest BCUT2D eigenvalue weighted by atomic mass is 32.1. The Morgan fingerprint density at radius 2 is 1.92 bits per heavy atom.